The van der Waals surface area contributed by atoms with Gasteiger partial charge in [0.05, 0.1) is 12.6 Å². The number of methoxy groups -OCH3 is 1. The molecule has 0 aliphatic rings. The Kier molecular flexibility index (Phi) is 8.22. The molecular formula is C18H22Cl2N2O2. The van der Waals surface area contributed by atoms with E-state index in [1.165, 1.54) is 7.11 Å². The molecule has 2 atom stereocenters. The number of amides is 1. The van der Waals surface area contributed by atoms with Crippen molar-refractivity contribution in [1.29, 1.82) is 0 Å². The van der Waals surface area contributed by atoms with E-state index in [9.17, 15) is 4.79 Å². The number of nitrogens with two attached hydrogens (primary N) is 1. The van der Waals surface area contributed by atoms with Gasteiger partial charge in [0.25, 0.3) is 0 Å². The molecule has 1 amide bonds. The average molecular weight is 369 g/mol. The summed E-state index contributed by atoms with van der Waals surface area (Å²) < 4.78 is 4.92. The number of nitrogens with one attached hydrogen (secondary N) is 1. The third kappa shape index (κ3) is 5.21. The molecule has 4 nitrogen and oxygen atoms in total. The van der Waals surface area contributed by atoms with Gasteiger partial charge >= 0.3 is 0 Å². The van der Waals surface area contributed by atoms with Crippen molar-refractivity contribution in [2.24, 2.45) is 5.73 Å². The summed E-state index contributed by atoms with van der Waals surface area (Å²) in [6.45, 7) is 2.13. The van der Waals surface area contributed by atoms with Crippen molar-refractivity contribution < 1.29 is 9.53 Å². The monoisotopic (exact) mass is 368 g/mol. The fourth-order valence-corrected chi connectivity index (χ4v) is 2.55. The lowest BCUT2D eigenvalue weighted by Gasteiger charge is -2.20. The van der Waals surface area contributed by atoms with Crippen LogP contribution in [-0.2, 0) is 9.53 Å². The van der Waals surface area contributed by atoms with Gasteiger partial charge < -0.3 is 15.8 Å². The number of ether oxygens (including phenoxy) is 1. The highest BCUT2D eigenvalue weighted by molar-refractivity contribution is 6.30. The van der Waals surface area contributed by atoms with Crippen LogP contribution in [0.3, 0.4) is 0 Å². The summed E-state index contributed by atoms with van der Waals surface area (Å²) in [7, 11) is 1.52. The molecular weight excluding hydrogens is 347 g/mol. The van der Waals surface area contributed by atoms with Crippen molar-refractivity contribution in [3.8, 4) is 11.1 Å². The van der Waals surface area contributed by atoms with E-state index in [2.05, 4.69) is 5.32 Å². The van der Waals surface area contributed by atoms with E-state index >= 15 is 0 Å². The van der Waals surface area contributed by atoms with Crippen LogP contribution in [0, 0.1) is 0 Å². The van der Waals surface area contributed by atoms with E-state index in [4.69, 9.17) is 22.1 Å². The van der Waals surface area contributed by atoms with Crippen LogP contribution >= 0.6 is 24.0 Å². The topological polar surface area (TPSA) is 64.3 Å². The Bertz CT molecular complexity index is 662. The van der Waals surface area contributed by atoms with Crippen LogP contribution in [0.5, 0.6) is 0 Å². The maximum atomic E-state index is 12.1. The van der Waals surface area contributed by atoms with Crippen molar-refractivity contribution in [1.82, 2.24) is 5.32 Å². The summed E-state index contributed by atoms with van der Waals surface area (Å²) in [6, 6.07) is 14.7. The highest BCUT2D eigenvalue weighted by atomic mass is 35.5. The van der Waals surface area contributed by atoms with E-state index in [-0.39, 0.29) is 31.0 Å². The third-order valence-corrected chi connectivity index (χ3v) is 3.88. The highest BCUT2D eigenvalue weighted by Gasteiger charge is 2.18. The van der Waals surface area contributed by atoms with Gasteiger partial charge in [-0.15, -0.1) is 12.4 Å². The summed E-state index contributed by atoms with van der Waals surface area (Å²) >= 11 is 5.95. The first kappa shape index (κ1) is 20.5. The van der Waals surface area contributed by atoms with Crippen LogP contribution in [0.25, 0.3) is 11.1 Å². The molecule has 0 spiro atoms. The molecule has 2 aromatic carbocycles. The Hall–Kier alpha value is -1.59. The summed E-state index contributed by atoms with van der Waals surface area (Å²) in [6.07, 6.45) is 0. The number of benzene rings is 2. The third-order valence-electron chi connectivity index (χ3n) is 3.62. The minimum atomic E-state index is -0.676. The summed E-state index contributed by atoms with van der Waals surface area (Å²) in [5.41, 5.74) is 8.89. The number of hydrogen-bond donors (Lipinski definition) is 2. The van der Waals surface area contributed by atoms with Crippen LogP contribution in [0.15, 0.2) is 48.5 Å². The maximum Gasteiger partial charge on any atom is 0.239 e. The Morgan fingerprint density at radius 2 is 1.83 bits per heavy atom. The number of hydrogen-bond acceptors (Lipinski definition) is 3. The Morgan fingerprint density at radius 1 is 1.21 bits per heavy atom. The minimum absolute atomic E-state index is 0. The van der Waals surface area contributed by atoms with Gasteiger partial charge in [0.1, 0.15) is 6.04 Å². The Labute approximate surface area is 153 Å². The maximum absolute atomic E-state index is 12.1. The molecule has 0 heterocycles. The molecule has 0 bridgehead atoms. The molecule has 2 rings (SSSR count). The number of halogens is 2. The second kappa shape index (κ2) is 9.64. The van der Waals surface area contributed by atoms with Gasteiger partial charge in [0, 0.05) is 12.1 Å². The Morgan fingerprint density at radius 3 is 2.46 bits per heavy atom. The standard InChI is InChI=1S/C18H21ClN2O2.ClH/c1-12(21-18(22)17(20)11-23-2)15-5-3-4-6-16(15)13-7-9-14(19)10-8-13;/h3-10,12,17H,11,20H2,1-2H3,(H,21,22);1H. The molecule has 0 fully saturated rings. The van der Waals surface area contributed by atoms with Gasteiger partial charge in [-0.3, -0.25) is 4.79 Å². The van der Waals surface area contributed by atoms with Crippen LogP contribution in [0.1, 0.15) is 18.5 Å². The lowest BCUT2D eigenvalue weighted by molar-refractivity contribution is -0.124. The van der Waals surface area contributed by atoms with Crippen LogP contribution in [0.4, 0.5) is 0 Å². The van der Waals surface area contributed by atoms with Gasteiger partial charge in [-0.05, 0) is 35.7 Å². The quantitative estimate of drug-likeness (QED) is 0.818. The zero-order chi connectivity index (χ0) is 16.8. The first-order valence-electron chi connectivity index (χ1n) is 7.42. The SMILES string of the molecule is COCC(N)C(=O)NC(C)c1ccccc1-c1ccc(Cl)cc1.Cl. The van der Waals surface area contributed by atoms with Gasteiger partial charge in [-0.1, -0.05) is 48.0 Å². The van der Waals surface area contributed by atoms with Crippen LogP contribution < -0.4 is 11.1 Å². The molecule has 0 radical (unpaired) electrons. The second-order valence-corrected chi connectivity index (χ2v) is 5.82. The van der Waals surface area contributed by atoms with Gasteiger partial charge in [-0.2, -0.15) is 0 Å². The van der Waals surface area contributed by atoms with E-state index in [0.29, 0.717) is 5.02 Å². The predicted octanol–water partition coefficient (Wildman–Crippen LogP) is 3.58. The molecule has 2 unspecified atom stereocenters. The zero-order valence-corrected chi connectivity index (χ0v) is 15.2. The highest BCUT2D eigenvalue weighted by Crippen LogP contribution is 2.29. The van der Waals surface area contributed by atoms with Crippen molar-refractivity contribution in [2.45, 2.75) is 19.0 Å². The van der Waals surface area contributed by atoms with Crippen molar-refractivity contribution in [3.05, 3.63) is 59.1 Å². The molecule has 0 aromatic heterocycles. The van der Waals surface area contributed by atoms with E-state index in [1.807, 2.05) is 55.5 Å². The molecule has 0 aliphatic carbocycles. The molecule has 3 N–H and O–H groups in total. The second-order valence-electron chi connectivity index (χ2n) is 5.39. The molecule has 24 heavy (non-hydrogen) atoms. The average Bonchev–Trinajstić information content (AvgIpc) is 2.55. The summed E-state index contributed by atoms with van der Waals surface area (Å²) in [5, 5.41) is 3.62. The minimum Gasteiger partial charge on any atom is -0.383 e. The predicted molar refractivity (Wildman–Crippen MR) is 101 cm³/mol. The molecule has 0 saturated carbocycles. The lowest BCUT2D eigenvalue weighted by atomic mass is 9.95. The summed E-state index contributed by atoms with van der Waals surface area (Å²) in [5.74, 6) is -0.231. The fourth-order valence-electron chi connectivity index (χ4n) is 2.42. The van der Waals surface area contributed by atoms with E-state index in [1.54, 1.807) is 0 Å². The van der Waals surface area contributed by atoms with Gasteiger partial charge in [0.15, 0.2) is 0 Å². The van der Waals surface area contributed by atoms with Crippen LogP contribution in [-0.4, -0.2) is 25.7 Å². The fraction of sp³-hybridized carbons (Fsp3) is 0.278. The molecule has 0 aliphatic heterocycles. The Balaban J connectivity index is 0.00000288. The largest absolute Gasteiger partial charge is 0.383 e. The van der Waals surface area contributed by atoms with Gasteiger partial charge in [-0.25, -0.2) is 0 Å². The molecule has 0 saturated heterocycles. The van der Waals surface area contributed by atoms with E-state index in [0.717, 1.165) is 16.7 Å². The van der Waals surface area contributed by atoms with E-state index < -0.39 is 6.04 Å². The van der Waals surface area contributed by atoms with Crippen molar-refractivity contribution >= 4 is 29.9 Å². The molecule has 130 valence electrons. The molecule has 2 aromatic rings. The van der Waals surface area contributed by atoms with Crippen molar-refractivity contribution in [3.63, 3.8) is 0 Å². The normalized spacial score (nSPS) is 12.8. The first-order valence-corrected chi connectivity index (χ1v) is 7.80. The van der Waals surface area contributed by atoms with Crippen molar-refractivity contribution in [2.75, 3.05) is 13.7 Å². The number of rotatable bonds is 6. The zero-order valence-electron chi connectivity index (χ0n) is 13.7. The molecule has 6 heteroatoms. The summed E-state index contributed by atoms with van der Waals surface area (Å²) in [4.78, 5) is 12.1. The number of carbonyl (C=O) groups excluding carboxylic acids is 1. The lowest BCUT2D eigenvalue weighted by Crippen LogP contribution is -2.44. The first-order chi connectivity index (χ1) is 11.0. The van der Waals surface area contributed by atoms with Crippen LogP contribution in [0.2, 0.25) is 5.02 Å². The van der Waals surface area contributed by atoms with Gasteiger partial charge in [0.2, 0.25) is 5.91 Å². The smallest absolute Gasteiger partial charge is 0.239 e. The number of carbonyl (C=O) groups is 1.